The topological polar surface area (TPSA) is 89.9 Å². The lowest BCUT2D eigenvalue weighted by atomic mass is 9.93. The Hall–Kier alpha value is -2.98. The van der Waals surface area contributed by atoms with Crippen molar-refractivity contribution in [2.24, 2.45) is 0 Å². The molecule has 3 aliphatic rings. The number of carbonyl (C=O) groups is 2. The number of hydrogen-bond donors (Lipinski definition) is 1. The molecule has 8 nitrogen and oxygen atoms in total. The van der Waals surface area contributed by atoms with Gasteiger partial charge in [0.05, 0.1) is 19.8 Å². The molecule has 1 aromatic carbocycles. The summed E-state index contributed by atoms with van der Waals surface area (Å²) < 4.78 is 40.9. The number of halogens is 3. The van der Waals surface area contributed by atoms with Crippen LogP contribution in [0.15, 0.2) is 23.1 Å². The van der Waals surface area contributed by atoms with Crippen LogP contribution in [0, 0.1) is 11.6 Å². The van der Waals surface area contributed by atoms with Crippen molar-refractivity contribution in [1.82, 2.24) is 14.8 Å². The van der Waals surface area contributed by atoms with E-state index >= 15 is 0 Å². The van der Waals surface area contributed by atoms with Crippen LogP contribution in [-0.4, -0.2) is 46.8 Å². The predicted molar refractivity (Wildman–Crippen MR) is 122 cm³/mol. The van der Waals surface area contributed by atoms with Gasteiger partial charge in [0.1, 0.15) is 22.2 Å². The number of aromatic nitrogens is 1. The van der Waals surface area contributed by atoms with Crippen LogP contribution in [0.4, 0.5) is 8.78 Å². The van der Waals surface area contributed by atoms with Gasteiger partial charge in [-0.05, 0) is 38.7 Å². The number of ether oxygens (including phenoxy) is 2. The van der Waals surface area contributed by atoms with E-state index in [2.05, 4.69) is 5.32 Å². The Morgan fingerprint density at radius 1 is 1.31 bits per heavy atom. The molecule has 1 aliphatic carbocycles. The van der Waals surface area contributed by atoms with E-state index in [1.54, 1.807) is 9.47 Å². The first-order valence-corrected chi connectivity index (χ1v) is 11.8. The molecule has 2 amide bonds. The highest BCUT2D eigenvalue weighted by molar-refractivity contribution is 6.30. The van der Waals surface area contributed by atoms with E-state index in [0.29, 0.717) is 25.9 Å². The van der Waals surface area contributed by atoms with Crippen molar-refractivity contribution in [1.29, 1.82) is 0 Å². The SMILES string of the molecule is COc1c2n(cc(C(=O)NCc3ccc(F)c(Cl)c3F)c1=O)[C@@H]1CCC[C@@]13OCC[C@H](C)N3C2=O. The van der Waals surface area contributed by atoms with Gasteiger partial charge in [-0.15, -0.1) is 0 Å². The molecule has 35 heavy (non-hydrogen) atoms. The molecular weight excluding hydrogens is 484 g/mol. The van der Waals surface area contributed by atoms with Gasteiger partial charge >= 0.3 is 0 Å². The zero-order valence-corrected chi connectivity index (χ0v) is 20.0. The molecule has 1 saturated carbocycles. The second-order valence-corrected chi connectivity index (χ2v) is 9.47. The van der Waals surface area contributed by atoms with Gasteiger partial charge < -0.3 is 24.3 Å². The van der Waals surface area contributed by atoms with Crippen molar-refractivity contribution in [3.8, 4) is 5.75 Å². The lowest BCUT2D eigenvalue weighted by Gasteiger charge is -2.54. The largest absolute Gasteiger partial charge is 0.491 e. The Morgan fingerprint density at radius 3 is 2.83 bits per heavy atom. The van der Waals surface area contributed by atoms with E-state index in [1.165, 1.54) is 13.3 Å². The molecule has 11 heteroatoms. The zero-order chi connectivity index (χ0) is 25.1. The van der Waals surface area contributed by atoms with E-state index in [0.717, 1.165) is 18.6 Å². The van der Waals surface area contributed by atoms with Crippen molar-refractivity contribution in [3.05, 3.63) is 62.0 Å². The molecule has 1 N–H and O–H groups in total. The summed E-state index contributed by atoms with van der Waals surface area (Å²) in [5, 5.41) is 1.80. The fourth-order valence-electron chi connectivity index (χ4n) is 5.60. The molecule has 186 valence electrons. The number of pyridine rings is 1. The second-order valence-electron chi connectivity index (χ2n) is 9.09. The summed E-state index contributed by atoms with van der Waals surface area (Å²) >= 11 is 5.61. The standard InChI is InChI=1S/C24H24ClF2N3O5/c1-12-7-9-35-24-8-3-4-16(24)29-11-14(20(31)21(34-2)19(29)23(33)30(12)24)22(32)28-10-13-5-6-15(26)17(25)18(13)27/h5-6,11-12,16H,3-4,7-10H2,1-2H3,(H,28,32)/t12-,16+,24+/m0/s1. The van der Waals surface area contributed by atoms with Gasteiger partial charge in [0.2, 0.25) is 5.43 Å². The van der Waals surface area contributed by atoms with Crippen LogP contribution in [-0.2, 0) is 11.3 Å². The Balaban J connectivity index is 1.55. The molecule has 3 atom stereocenters. The van der Waals surface area contributed by atoms with E-state index < -0.39 is 33.7 Å². The lowest BCUT2D eigenvalue weighted by molar-refractivity contribution is -0.204. The first kappa shape index (κ1) is 23.7. The molecule has 2 aromatic rings. The van der Waals surface area contributed by atoms with E-state index in [-0.39, 0.29) is 47.1 Å². The number of amides is 2. The van der Waals surface area contributed by atoms with Crippen LogP contribution >= 0.6 is 11.6 Å². The number of fused-ring (bicyclic) bond motifs is 2. The number of rotatable bonds is 4. The van der Waals surface area contributed by atoms with Crippen molar-refractivity contribution >= 4 is 23.4 Å². The number of benzene rings is 1. The molecule has 1 spiro atoms. The molecule has 0 bridgehead atoms. The van der Waals surface area contributed by atoms with Gasteiger partial charge in [-0.3, -0.25) is 14.4 Å². The minimum absolute atomic E-state index is 0.0417. The third kappa shape index (κ3) is 3.45. The number of nitrogens with zero attached hydrogens (tertiary/aromatic N) is 2. The van der Waals surface area contributed by atoms with E-state index in [9.17, 15) is 23.2 Å². The van der Waals surface area contributed by atoms with Crippen molar-refractivity contribution in [2.75, 3.05) is 13.7 Å². The first-order chi connectivity index (χ1) is 16.7. The van der Waals surface area contributed by atoms with Gasteiger partial charge in [-0.25, -0.2) is 8.78 Å². The molecule has 2 aliphatic heterocycles. The Labute approximate surface area is 204 Å². The van der Waals surface area contributed by atoms with Crippen molar-refractivity contribution in [2.45, 2.75) is 57.0 Å². The van der Waals surface area contributed by atoms with Crippen molar-refractivity contribution < 1.29 is 27.8 Å². The molecule has 1 saturated heterocycles. The first-order valence-electron chi connectivity index (χ1n) is 11.4. The summed E-state index contributed by atoms with van der Waals surface area (Å²) in [6.45, 7) is 2.14. The van der Waals surface area contributed by atoms with Gasteiger partial charge in [0, 0.05) is 24.3 Å². The maximum Gasteiger partial charge on any atom is 0.277 e. The predicted octanol–water partition coefficient (Wildman–Crippen LogP) is 3.40. The smallest absolute Gasteiger partial charge is 0.277 e. The highest BCUT2D eigenvalue weighted by Crippen LogP contribution is 2.52. The summed E-state index contributed by atoms with van der Waals surface area (Å²) in [5.41, 5.74) is -1.81. The highest BCUT2D eigenvalue weighted by Gasteiger charge is 2.59. The zero-order valence-electron chi connectivity index (χ0n) is 19.2. The number of carbonyl (C=O) groups excluding carboxylic acids is 2. The van der Waals surface area contributed by atoms with Gasteiger partial charge in [-0.1, -0.05) is 17.7 Å². The Morgan fingerprint density at radius 2 is 2.09 bits per heavy atom. The van der Waals surface area contributed by atoms with Crippen LogP contribution in [0.25, 0.3) is 0 Å². The molecule has 3 heterocycles. The monoisotopic (exact) mass is 507 g/mol. The summed E-state index contributed by atoms with van der Waals surface area (Å²) in [6, 6.07) is 1.78. The molecular formula is C24H24ClF2N3O5. The highest BCUT2D eigenvalue weighted by atomic mass is 35.5. The van der Waals surface area contributed by atoms with Crippen LogP contribution < -0.4 is 15.5 Å². The van der Waals surface area contributed by atoms with Crippen LogP contribution in [0.1, 0.15) is 65.1 Å². The van der Waals surface area contributed by atoms with Crippen molar-refractivity contribution in [3.63, 3.8) is 0 Å². The average Bonchev–Trinajstić information content (AvgIpc) is 3.25. The molecule has 0 unspecified atom stereocenters. The number of nitrogens with one attached hydrogen (secondary N) is 1. The Bertz CT molecular complexity index is 1300. The Kier molecular flexibility index (Phi) is 5.83. The quantitative estimate of drug-likeness (QED) is 0.641. The van der Waals surface area contributed by atoms with Gasteiger partial charge in [0.25, 0.3) is 11.8 Å². The lowest BCUT2D eigenvalue weighted by Crippen LogP contribution is -2.66. The molecule has 1 aromatic heterocycles. The van der Waals surface area contributed by atoms with Gasteiger partial charge in [0.15, 0.2) is 17.2 Å². The summed E-state index contributed by atoms with van der Waals surface area (Å²) in [5.74, 6) is -3.30. The van der Waals surface area contributed by atoms with E-state index in [1.807, 2.05) is 6.92 Å². The minimum Gasteiger partial charge on any atom is -0.491 e. The second kappa shape index (κ2) is 8.60. The van der Waals surface area contributed by atoms with Crippen LogP contribution in [0.5, 0.6) is 5.75 Å². The summed E-state index contributed by atoms with van der Waals surface area (Å²) in [7, 11) is 1.27. The molecule has 0 radical (unpaired) electrons. The number of methoxy groups -OCH3 is 1. The van der Waals surface area contributed by atoms with Crippen LogP contribution in [0.3, 0.4) is 0 Å². The third-order valence-electron chi connectivity index (χ3n) is 7.22. The molecule has 2 fully saturated rings. The number of hydrogen-bond acceptors (Lipinski definition) is 5. The van der Waals surface area contributed by atoms with Crippen LogP contribution in [0.2, 0.25) is 5.02 Å². The maximum atomic E-state index is 14.3. The summed E-state index contributed by atoms with van der Waals surface area (Å²) in [4.78, 5) is 41.6. The minimum atomic E-state index is -0.992. The third-order valence-corrected chi connectivity index (χ3v) is 7.57. The average molecular weight is 508 g/mol. The summed E-state index contributed by atoms with van der Waals surface area (Å²) in [6.07, 6.45) is 4.18. The molecule has 5 rings (SSSR count). The van der Waals surface area contributed by atoms with Gasteiger partial charge in [-0.2, -0.15) is 0 Å². The fraction of sp³-hybridized carbons (Fsp3) is 0.458. The maximum absolute atomic E-state index is 14.3. The van der Waals surface area contributed by atoms with E-state index in [4.69, 9.17) is 21.1 Å². The fourth-order valence-corrected chi connectivity index (χ4v) is 5.78. The normalized spacial score (nSPS) is 25.1.